The topological polar surface area (TPSA) is 17.3 Å². The van der Waals surface area contributed by atoms with Crippen molar-refractivity contribution in [2.45, 2.75) is 0 Å². The van der Waals surface area contributed by atoms with E-state index in [1.165, 1.54) is 10.7 Å². The molecule has 0 saturated heterocycles. The number of hydrogen-bond donors (Lipinski definition) is 0. The van der Waals surface area contributed by atoms with Gasteiger partial charge in [0.25, 0.3) is 0 Å². The zero-order valence-electron chi connectivity index (χ0n) is 5.46. The molecular formula is C7H4BrFN2. The maximum Gasteiger partial charge on any atom is 0.213 e. The van der Waals surface area contributed by atoms with Gasteiger partial charge < -0.3 is 0 Å². The van der Waals surface area contributed by atoms with Gasteiger partial charge in [0.15, 0.2) is 0 Å². The summed E-state index contributed by atoms with van der Waals surface area (Å²) in [6.07, 6.45) is 3.05. The van der Waals surface area contributed by atoms with Crippen molar-refractivity contribution in [1.29, 1.82) is 0 Å². The third-order valence-corrected chi connectivity index (χ3v) is 2.07. The van der Waals surface area contributed by atoms with Crippen molar-refractivity contribution in [2.24, 2.45) is 0 Å². The van der Waals surface area contributed by atoms with E-state index in [0.29, 0.717) is 4.47 Å². The molecule has 0 aliphatic carbocycles. The van der Waals surface area contributed by atoms with Crippen LogP contribution < -0.4 is 0 Å². The highest BCUT2D eigenvalue weighted by Crippen LogP contribution is 2.16. The Morgan fingerprint density at radius 2 is 2.27 bits per heavy atom. The van der Waals surface area contributed by atoms with Crippen LogP contribution in [0.3, 0.4) is 0 Å². The lowest BCUT2D eigenvalue weighted by atomic mass is 10.4. The van der Waals surface area contributed by atoms with E-state index >= 15 is 0 Å². The first-order chi connectivity index (χ1) is 5.29. The third kappa shape index (κ3) is 0.939. The Kier molecular flexibility index (Phi) is 1.42. The summed E-state index contributed by atoms with van der Waals surface area (Å²) in [6.45, 7) is 0. The van der Waals surface area contributed by atoms with Crippen molar-refractivity contribution in [3.8, 4) is 0 Å². The van der Waals surface area contributed by atoms with E-state index < -0.39 is 0 Å². The minimum Gasteiger partial charge on any atom is -0.274 e. The smallest absolute Gasteiger partial charge is 0.213 e. The van der Waals surface area contributed by atoms with E-state index in [0.717, 1.165) is 5.52 Å². The zero-order chi connectivity index (χ0) is 7.84. The standard InChI is InChI=1S/C7H4BrFN2/c8-6-2-1-5-3-10-4-11(5)7(6)9/h1-4H. The summed E-state index contributed by atoms with van der Waals surface area (Å²) in [6, 6.07) is 3.45. The first kappa shape index (κ1) is 6.79. The van der Waals surface area contributed by atoms with E-state index in [4.69, 9.17) is 0 Å². The summed E-state index contributed by atoms with van der Waals surface area (Å²) < 4.78 is 14.9. The normalized spacial score (nSPS) is 10.7. The maximum atomic E-state index is 13.1. The number of hydrogen-bond acceptors (Lipinski definition) is 1. The van der Waals surface area contributed by atoms with Gasteiger partial charge in [-0.2, -0.15) is 4.39 Å². The number of nitrogens with zero attached hydrogens (tertiary/aromatic N) is 2. The summed E-state index contributed by atoms with van der Waals surface area (Å²) >= 11 is 3.08. The molecule has 2 heterocycles. The molecule has 2 aromatic heterocycles. The molecule has 0 N–H and O–H groups in total. The van der Waals surface area contributed by atoms with Gasteiger partial charge in [-0.1, -0.05) is 0 Å². The van der Waals surface area contributed by atoms with Crippen LogP contribution in [-0.4, -0.2) is 9.38 Å². The lowest BCUT2D eigenvalue weighted by molar-refractivity contribution is 0.560. The second-order valence-corrected chi connectivity index (χ2v) is 3.01. The largest absolute Gasteiger partial charge is 0.274 e. The maximum absolute atomic E-state index is 13.1. The molecule has 0 bridgehead atoms. The molecule has 0 atom stereocenters. The molecule has 0 spiro atoms. The first-order valence-electron chi connectivity index (χ1n) is 3.05. The Morgan fingerprint density at radius 3 is 3.09 bits per heavy atom. The molecule has 56 valence electrons. The average Bonchev–Trinajstić information content (AvgIpc) is 2.45. The fourth-order valence-corrected chi connectivity index (χ4v) is 1.26. The van der Waals surface area contributed by atoms with Gasteiger partial charge in [0.1, 0.15) is 6.33 Å². The summed E-state index contributed by atoms with van der Waals surface area (Å²) in [5, 5.41) is 0. The minimum atomic E-state index is -0.319. The Bertz CT molecular complexity index is 396. The molecule has 0 aliphatic heterocycles. The summed E-state index contributed by atoms with van der Waals surface area (Å²) in [5.41, 5.74) is 0.755. The van der Waals surface area contributed by atoms with E-state index in [2.05, 4.69) is 20.9 Å². The number of fused-ring (bicyclic) bond motifs is 1. The Morgan fingerprint density at radius 1 is 1.45 bits per heavy atom. The van der Waals surface area contributed by atoms with Crippen molar-refractivity contribution < 1.29 is 4.39 Å². The van der Waals surface area contributed by atoms with Crippen LogP contribution >= 0.6 is 15.9 Å². The van der Waals surface area contributed by atoms with Crippen molar-refractivity contribution >= 4 is 21.4 Å². The molecule has 0 fully saturated rings. The minimum absolute atomic E-state index is 0.319. The van der Waals surface area contributed by atoms with Crippen LogP contribution in [0, 0.1) is 5.95 Å². The molecule has 11 heavy (non-hydrogen) atoms. The van der Waals surface area contributed by atoms with Gasteiger partial charge >= 0.3 is 0 Å². The van der Waals surface area contributed by atoms with E-state index in [1.807, 2.05) is 0 Å². The lowest BCUT2D eigenvalue weighted by Gasteiger charge is -1.96. The molecule has 4 heteroatoms. The van der Waals surface area contributed by atoms with Crippen LogP contribution in [-0.2, 0) is 0 Å². The first-order valence-corrected chi connectivity index (χ1v) is 3.84. The molecule has 0 amide bonds. The number of aromatic nitrogens is 2. The van der Waals surface area contributed by atoms with Crippen molar-refractivity contribution in [1.82, 2.24) is 9.38 Å². The highest BCUT2D eigenvalue weighted by atomic mass is 79.9. The van der Waals surface area contributed by atoms with Gasteiger partial charge in [0.05, 0.1) is 16.2 Å². The summed E-state index contributed by atoms with van der Waals surface area (Å²) in [5.74, 6) is -0.319. The van der Waals surface area contributed by atoms with Crippen LogP contribution in [0.4, 0.5) is 4.39 Å². The molecule has 0 aliphatic rings. The monoisotopic (exact) mass is 214 g/mol. The fourth-order valence-electron chi connectivity index (χ4n) is 0.935. The SMILES string of the molecule is Fc1c(Br)ccc2cncn12. The van der Waals surface area contributed by atoms with Crippen LogP contribution in [0.5, 0.6) is 0 Å². The Labute approximate surface area is 70.8 Å². The highest BCUT2D eigenvalue weighted by Gasteiger charge is 2.02. The van der Waals surface area contributed by atoms with E-state index in [1.54, 1.807) is 18.3 Å². The molecule has 0 radical (unpaired) electrons. The molecule has 2 aromatic rings. The Hall–Kier alpha value is -0.900. The van der Waals surface area contributed by atoms with Crippen LogP contribution in [0.15, 0.2) is 29.1 Å². The molecule has 0 unspecified atom stereocenters. The number of rotatable bonds is 0. The predicted octanol–water partition coefficient (Wildman–Crippen LogP) is 2.24. The van der Waals surface area contributed by atoms with Gasteiger partial charge in [0, 0.05) is 0 Å². The van der Waals surface area contributed by atoms with Gasteiger partial charge in [0.2, 0.25) is 5.95 Å². The number of halogens is 2. The molecular weight excluding hydrogens is 211 g/mol. The summed E-state index contributed by atoms with van der Waals surface area (Å²) in [4.78, 5) is 3.81. The number of pyridine rings is 1. The third-order valence-electron chi connectivity index (χ3n) is 1.48. The highest BCUT2D eigenvalue weighted by molar-refractivity contribution is 9.10. The van der Waals surface area contributed by atoms with Gasteiger partial charge in [-0.25, -0.2) is 4.98 Å². The van der Waals surface area contributed by atoms with Crippen LogP contribution in [0.1, 0.15) is 0 Å². The molecule has 0 saturated carbocycles. The van der Waals surface area contributed by atoms with Crippen LogP contribution in [0.2, 0.25) is 0 Å². The molecule has 2 nitrogen and oxygen atoms in total. The van der Waals surface area contributed by atoms with Crippen molar-refractivity contribution in [3.05, 3.63) is 35.1 Å². The van der Waals surface area contributed by atoms with E-state index in [9.17, 15) is 4.39 Å². The second-order valence-electron chi connectivity index (χ2n) is 2.16. The summed E-state index contributed by atoms with van der Waals surface area (Å²) in [7, 11) is 0. The van der Waals surface area contributed by atoms with Crippen LogP contribution in [0.25, 0.3) is 5.52 Å². The predicted molar refractivity (Wildman–Crippen MR) is 42.9 cm³/mol. The van der Waals surface area contributed by atoms with E-state index in [-0.39, 0.29) is 5.95 Å². The average molecular weight is 215 g/mol. The quantitative estimate of drug-likeness (QED) is 0.616. The molecule has 0 aromatic carbocycles. The Balaban J connectivity index is 2.93. The van der Waals surface area contributed by atoms with Gasteiger partial charge in [-0.15, -0.1) is 0 Å². The van der Waals surface area contributed by atoms with Gasteiger partial charge in [-0.05, 0) is 28.1 Å². The lowest BCUT2D eigenvalue weighted by Crippen LogP contribution is -1.90. The van der Waals surface area contributed by atoms with Crippen molar-refractivity contribution in [3.63, 3.8) is 0 Å². The number of imidazole rings is 1. The zero-order valence-corrected chi connectivity index (χ0v) is 7.05. The fraction of sp³-hybridized carbons (Fsp3) is 0. The van der Waals surface area contributed by atoms with Crippen molar-refractivity contribution in [2.75, 3.05) is 0 Å². The van der Waals surface area contributed by atoms with Gasteiger partial charge in [-0.3, -0.25) is 4.40 Å². The second kappa shape index (κ2) is 2.30. The molecule has 2 rings (SSSR count).